The molecular weight excluding hydrogens is 297 g/mol. The highest BCUT2D eigenvalue weighted by molar-refractivity contribution is 5.99. The average molecular weight is 320 g/mol. The summed E-state index contributed by atoms with van der Waals surface area (Å²) in [4.78, 5) is 14.3. The molecule has 6 heteroatoms. The summed E-state index contributed by atoms with van der Waals surface area (Å²) in [7, 11) is 2.14. The Bertz CT molecular complexity index is 421. The Balaban J connectivity index is 0.00000180. The van der Waals surface area contributed by atoms with Crippen molar-refractivity contribution in [2.45, 2.75) is 12.8 Å². The number of carbonyl (C=O) groups is 1. The molecule has 20 heavy (non-hydrogen) atoms. The number of rotatable bonds is 3. The van der Waals surface area contributed by atoms with Crippen LogP contribution in [0.5, 0.6) is 0 Å². The molecule has 2 rings (SSSR count). The molecule has 0 aliphatic carbocycles. The van der Waals surface area contributed by atoms with E-state index in [-0.39, 0.29) is 30.7 Å². The number of nitrogen functional groups attached to an aromatic ring is 1. The second kappa shape index (κ2) is 9.06. The first-order valence-electron chi connectivity index (χ1n) is 6.48. The number of carbonyl (C=O) groups excluding carboxylic acids is 1. The van der Waals surface area contributed by atoms with Crippen LogP contribution in [0.15, 0.2) is 24.3 Å². The highest BCUT2D eigenvalue weighted by Crippen LogP contribution is 2.15. The molecule has 1 heterocycles. The molecule has 1 aromatic carbocycles. The molecule has 0 bridgehead atoms. The predicted molar refractivity (Wildman–Crippen MR) is 87.9 cm³/mol. The van der Waals surface area contributed by atoms with E-state index in [9.17, 15) is 4.79 Å². The van der Waals surface area contributed by atoms with Crippen LogP contribution < -0.4 is 11.1 Å². The molecular formula is C14H23Cl2N3O. The lowest BCUT2D eigenvalue weighted by Crippen LogP contribution is -2.37. The highest BCUT2D eigenvalue weighted by atomic mass is 35.5. The van der Waals surface area contributed by atoms with Gasteiger partial charge in [-0.1, -0.05) is 12.1 Å². The number of amides is 1. The Morgan fingerprint density at radius 3 is 2.50 bits per heavy atom. The lowest BCUT2D eigenvalue weighted by atomic mass is 9.97. The molecule has 0 unspecified atom stereocenters. The van der Waals surface area contributed by atoms with Crippen LogP contribution in [0, 0.1) is 5.92 Å². The predicted octanol–water partition coefficient (Wildman–Crippen LogP) is 2.18. The Morgan fingerprint density at radius 2 is 1.90 bits per heavy atom. The van der Waals surface area contributed by atoms with E-state index in [1.54, 1.807) is 12.1 Å². The maximum absolute atomic E-state index is 12.0. The Labute approximate surface area is 132 Å². The summed E-state index contributed by atoms with van der Waals surface area (Å²) in [5, 5.41) is 2.99. The minimum absolute atomic E-state index is 0. The number of para-hydroxylation sites is 1. The number of benzene rings is 1. The molecule has 4 nitrogen and oxygen atoms in total. The van der Waals surface area contributed by atoms with Gasteiger partial charge in [-0.15, -0.1) is 24.8 Å². The molecule has 1 fully saturated rings. The first-order chi connectivity index (χ1) is 8.66. The van der Waals surface area contributed by atoms with Crippen molar-refractivity contribution in [1.82, 2.24) is 10.2 Å². The molecule has 114 valence electrons. The van der Waals surface area contributed by atoms with E-state index in [4.69, 9.17) is 5.73 Å². The van der Waals surface area contributed by atoms with Crippen molar-refractivity contribution in [1.29, 1.82) is 0 Å². The second-order valence-corrected chi connectivity index (χ2v) is 5.04. The van der Waals surface area contributed by atoms with Gasteiger partial charge in [0, 0.05) is 12.2 Å². The normalized spacial score (nSPS) is 15.8. The summed E-state index contributed by atoms with van der Waals surface area (Å²) in [6, 6.07) is 7.19. The van der Waals surface area contributed by atoms with E-state index in [1.807, 2.05) is 12.1 Å². The summed E-state index contributed by atoms with van der Waals surface area (Å²) in [5.74, 6) is 0.530. The van der Waals surface area contributed by atoms with Gasteiger partial charge in [0.15, 0.2) is 0 Å². The molecule has 0 saturated carbocycles. The maximum atomic E-state index is 12.0. The fourth-order valence-corrected chi connectivity index (χ4v) is 2.30. The van der Waals surface area contributed by atoms with Gasteiger partial charge < -0.3 is 16.0 Å². The molecule has 3 N–H and O–H groups in total. The first-order valence-corrected chi connectivity index (χ1v) is 6.48. The third-order valence-electron chi connectivity index (χ3n) is 3.59. The van der Waals surface area contributed by atoms with Crippen LogP contribution >= 0.6 is 24.8 Å². The molecule has 0 radical (unpaired) electrons. The third-order valence-corrected chi connectivity index (χ3v) is 3.59. The molecule has 1 aliphatic heterocycles. The number of nitrogens with one attached hydrogen (secondary N) is 1. The lowest BCUT2D eigenvalue weighted by Gasteiger charge is -2.28. The fraction of sp³-hybridized carbons (Fsp3) is 0.500. The molecule has 1 amide bonds. The second-order valence-electron chi connectivity index (χ2n) is 5.04. The van der Waals surface area contributed by atoms with E-state index < -0.39 is 0 Å². The van der Waals surface area contributed by atoms with Crippen LogP contribution in [0.4, 0.5) is 5.69 Å². The smallest absolute Gasteiger partial charge is 0.253 e. The van der Waals surface area contributed by atoms with Crippen molar-refractivity contribution in [2.75, 3.05) is 32.4 Å². The monoisotopic (exact) mass is 319 g/mol. The van der Waals surface area contributed by atoms with Crippen molar-refractivity contribution in [2.24, 2.45) is 5.92 Å². The van der Waals surface area contributed by atoms with Crippen LogP contribution in [-0.4, -0.2) is 37.5 Å². The first kappa shape index (κ1) is 19.0. The number of hydrogen-bond acceptors (Lipinski definition) is 3. The van der Waals surface area contributed by atoms with Crippen molar-refractivity contribution in [3.05, 3.63) is 29.8 Å². The Kier molecular flexibility index (Phi) is 8.62. The van der Waals surface area contributed by atoms with Crippen LogP contribution in [0.3, 0.4) is 0 Å². The standard InChI is InChI=1S/C14H21N3O.2ClH/c1-17-8-6-11(7-9-17)10-16-14(18)12-4-2-3-5-13(12)15;;/h2-5,11H,6-10,15H2,1H3,(H,16,18);2*1H. The SMILES string of the molecule is CN1CCC(CNC(=O)c2ccccc2N)CC1.Cl.Cl. The quantitative estimate of drug-likeness (QED) is 0.840. The zero-order valence-corrected chi connectivity index (χ0v) is 13.3. The van der Waals surface area contributed by atoms with E-state index in [2.05, 4.69) is 17.3 Å². The van der Waals surface area contributed by atoms with Crippen molar-refractivity contribution >= 4 is 36.4 Å². The van der Waals surface area contributed by atoms with E-state index >= 15 is 0 Å². The maximum Gasteiger partial charge on any atom is 0.253 e. The van der Waals surface area contributed by atoms with Gasteiger partial charge in [0.25, 0.3) is 5.91 Å². The minimum Gasteiger partial charge on any atom is -0.398 e. The van der Waals surface area contributed by atoms with Crippen LogP contribution in [0.25, 0.3) is 0 Å². The van der Waals surface area contributed by atoms with Gasteiger partial charge in [-0.05, 0) is 51.0 Å². The molecule has 1 aliphatic rings. The fourth-order valence-electron chi connectivity index (χ4n) is 2.30. The van der Waals surface area contributed by atoms with E-state index in [0.717, 1.165) is 32.5 Å². The number of hydrogen-bond donors (Lipinski definition) is 2. The minimum atomic E-state index is -0.0629. The van der Waals surface area contributed by atoms with Crippen molar-refractivity contribution in [3.8, 4) is 0 Å². The van der Waals surface area contributed by atoms with Gasteiger partial charge in [-0.25, -0.2) is 0 Å². The summed E-state index contributed by atoms with van der Waals surface area (Å²) in [6.45, 7) is 2.99. The number of anilines is 1. The average Bonchev–Trinajstić information content (AvgIpc) is 2.38. The molecule has 0 aromatic heterocycles. The summed E-state index contributed by atoms with van der Waals surface area (Å²) in [5.41, 5.74) is 6.90. The number of nitrogens with zero attached hydrogens (tertiary/aromatic N) is 1. The van der Waals surface area contributed by atoms with Crippen LogP contribution in [-0.2, 0) is 0 Å². The summed E-state index contributed by atoms with van der Waals surface area (Å²) >= 11 is 0. The summed E-state index contributed by atoms with van der Waals surface area (Å²) < 4.78 is 0. The third kappa shape index (κ3) is 5.19. The van der Waals surface area contributed by atoms with E-state index in [0.29, 0.717) is 17.2 Å². The molecule has 1 aromatic rings. The van der Waals surface area contributed by atoms with Crippen molar-refractivity contribution < 1.29 is 4.79 Å². The van der Waals surface area contributed by atoms with Gasteiger partial charge in [-0.3, -0.25) is 4.79 Å². The molecule has 0 atom stereocenters. The number of piperidine rings is 1. The topological polar surface area (TPSA) is 58.4 Å². The van der Waals surface area contributed by atoms with Crippen LogP contribution in [0.2, 0.25) is 0 Å². The highest BCUT2D eigenvalue weighted by Gasteiger charge is 2.17. The zero-order chi connectivity index (χ0) is 13.0. The van der Waals surface area contributed by atoms with Gasteiger partial charge in [0.1, 0.15) is 0 Å². The number of nitrogens with two attached hydrogens (primary N) is 1. The lowest BCUT2D eigenvalue weighted by molar-refractivity contribution is 0.0940. The van der Waals surface area contributed by atoms with Crippen LogP contribution in [0.1, 0.15) is 23.2 Å². The number of halogens is 2. The van der Waals surface area contributed by atoms with Gasteiger partial charge in [0.05, 0.1) is 5.56 Å². The molecule has 1 saturated heterocycles. The van der Waals surface area contributed by atoms with E-state index in [1.165, 1.54) is 0 Å². The summed E-state index contributed by atoms with van der Waals surface area (Å²) in [6.07, 6.45) is 2.31. The van der Waals surface area contributed by atoms with Crippen molar-refractivity contribution in [3.63, 3.8) is 0 Å². The number of likely N-dealkylation sites (tertiary alicyclic amines) is 1. The Morgan fingerprint density at radius 1 is 1.30 bits per heavy atom. The van der Waals surface area contributed by atoms with Gasteiger partial charge >= 0.3 is 0 Å². The van der Waals surface area contributed by atoms with Gasteiger partial charge in [0.2, 0.25) is 0 Å². The Hall–Kier alpha value is -0.970. The molecule has 0 spiro atoms. The van der Waals surface area contributed by atoms with Gasteiger partial charge in [-0.2, -0.15) is 0 Å². The largest absolute Gasteiger partial charge is 0.398 e. The zero-order valence-electron chi connectivity index (χ0n) is 11.7.